The molecule has 2 fully saturated rings. The SMILES string of the molecule is Cc1ccc(CNC(=O)[C@H]2CC(=O)OC23CCCCC3)o1. The molecule has 1 aromatic rings. The van der Waals surface area contributed by atoms with E-state index in [1.54, 1.807) is 0 Å². The fraction of sp³-hybridized carbons (Fsp3) is 0.625. The molecule has 1 atom stereocenters. The van der Waals surface area contributed by atoms with Gasteiger partial charge >= 0.3 is 5.97 Å². The van der Waals surface area contributed by atoms with Crippen molar-refractivity contribution in [3.63, 3.8) is 0 Å². The van der Waals surface area contributed by atoms with Crippen molar-refractivity contribution in [1.82, 2.24) is 5.32 Å². The van der Waals surface area contributed by atoms with Gasteiger partial charge < -0.3 is 14.5 Å². The first kappa shape index (κ1) is 14.2. The fourth-order valence-electron chi connectivity index (χ4n) is 3.50. The normalized spacial score (nSPS) is 24.0. The Labute approximate surface area is 124 Å². The average molecular weight is 291 g/mol. The highest BCUT2D eigenvalue weighted by atomic mass is 16.6. The van der Waals surface area contributed by atoms with E-state index in [0.717, 1.165) is 43.6 Å². The van der Waals surface area contributed by atoms with E-state index in [0.29, 0.717) is 6.54 Å². The monoisotopic (exact) mass is 291 g/mol. The van der Waals surface area contributed by atoms with Gasteiger partial charge in [-0.05, 0) is 44.7 Å². The molecule has 0 bridgehead atoms. The highest BCUT2D eigenvalue weighted by molar-refractivity contribution is 5.87. The predicted molar refractivity (Wildman–Crippen MR) is 75.3 cm³/mol. The van der Waals surface area contributed by atoms with Gasteiger partial charge in [-0.1, -0.05) is 6.42 Å². The number of carbonyl (C=O) groups excluding carboxylic acids is 2. The Kier molecular flexibility index (Phi) is 3.74. The molecule has 0 unspecified atom stereocenters. The average Bonchev–Trinajstić information content (AvgIpc) is 3.01. The molecule has 5 heteroatoms. The molecule has 1 saturated heterocycles. The summed E-state index contributed by atoms with van der Waals surface area (Å²) < 4.78 is 11.0. The van der Waals surface area contributed by atoms with Crippen LogP contribution < -0.4 is 5.32 Å². The standard InChI is InChI=1S/C16H21NO4/c1-11-5-6-12(20-11)10-17-15(19)13-9-14(18)21-16(13)7-3-2-4-8-16/h5-6,13H,2-4,7-10H2,1H3,(H,17,19)/t13-/m1/s1. The Bertz CT molecular complexity index is 542. The van der Waals surface area contributed by atoms with E-state index < -0.39 is 5.60 Å². The van der Waals surface area contributed by atoms with E-state index in [1.807, 2.05) is 19.1 Å². The smallest absolute Gasteiger partial charge is 0.307 e. The predicted octanol–water partition coefficient (Wildman–Crippen LogP) is 2.47. The van der Waals surface area contributed by atoms with Gasteiger partial charge in [-0.3, -0.25) is 9.59 Å². The topological polar surface area (TPSA) is 68.5 Å². The lowest BCUT2D eigenvalue weighted by atomic mass is 9.75. The quantitative estimate of drug-likeness (QED) is 0.869. The number of esters is 1. The van der Waals surface area contributed by atoms with Crippen LogP contribution in [0.1, 0.15) is 50.0 Å². The van der Waals surface area contributed by atoms with Gasteiger partial charge in [-0.15, -0.1) is 0 Å². The van der Waals surface area contributed by atoms with Crippen LogP contribution in [0, 0.1) is 12.8 Å². The van der Waals surface area contributed by atoms with Crippen molar-refractivity contribution >= 4 is 11.9 Å². The molecule has 3 rings (SSSR count). The molecular formula is C16H21NO4. The maximum Gasteiger partial charge on any atom is 0.307 e. The highest BCUT2D eigenvalue weighted by Gasteiger charge is 2.52. The second-order valence-corrected chi connectivity index (χ2v) is 6.09. The number of ether oxygens (including phenoxy) is 1. The summed E-state index contributed by atoms with van der Waals surface area (Å²) in [7, 11) is 0. The van der Waals surface area contributed by atoms with E-state index >= 15 is 0 Å². The summed E-state index contributed by atoms with van der Waals surface area (Å²) in [4.78, 5) is 24.1. The minimum atomic E-state index is -0.557. The molecule has 1 aliphatic heterocycles. The van der Waals surface area contributed by atoms with E-state index in [1.165, 1.54) is 0 Å². The molecule has 5 nitrogen and oxygen atoms in total. The zero-order valence-electron chi connectivity index (χ0n) is 12.3. The summed E-state index contributed by atoms with van der Waals surface area (Å²) in [6.45, 7) is 2.22. The van der Waals surface area contributed by atoms with Crippen LogP contribution in [0.25, 0.3) is 0 Å². The van der Waals surface area contributed by atoms with Crippen molar-refractivity contribution in [3.8, 4) is 0 Å². The molecule has 1 aromatic heterocycles. The van der Waals surface area contributed by atoms with Gasteiger partial charge in [0.25, 0.3) is 0 Å². The maximum atomic E-state index is 12.5. The molecule has 2 aliphatic rings. The van der Waals surface area contributed by atoms with Crippen molar-refractivity contribution < 1.29 is 18.7 Å². The third-order valence-electron chi connectivity index (χ3n) is 4.57. The summed E-state index contributed by atoms with van der Waals surface area (Å²) in [6.07, 6.45) is 5.00. The van der Waals surface area contributed by atoms with E-state index in [9.17, 15) is 9.59 Å². The zero-order valence-corrected chi connectivity index (χ0v) is 12.3. The van der Waals surface area contributed by atoms with Crippen molar-refractivity contribution in [2.75, 3.05) is 0 Å². The largest absolute Gasteiger partial charge is 0.465 e. The van der Waals surface area contributed by atoms with Crippen LogP contribution in [-0.4, -0.2) is 17.5 Å². The first-order chi connectivity index (χ1) is 10.1. The maximum absolute atomic E-state index is 12.5. The molecule has 1 saturated carbocycles. The summed E-state index contributed by atoms with van der Waals surface area (Å²) in [5.41, 5.74) is -0.557. The highest BCUT2D eigenvalue weighted by Crippen LogP contribution is 2.44. The van der Waals surface area contributed by atoms with Gasteiger partial charge in [0.2, 0.25) is 5.91 Å². The van der Waals surface area contributed by atoms with Crippen LogP contribution in [0.4, 0.5) is 0 Å². The van der Waals surface area contributed by atoms with Gasteiger partial charge in [0.15, 0.2) is 0 Å². The fourth-order valence-corrected chi connectivity index (χ4v) is 3.50. The van der Waals surface area contributed by atoms with E-state index in [2.05, 4.69) is 5.32 Å². The van der Waals surface area contributed by atoms with Crippen molar-refractivity contribution in [1.29, 1.82) is 0 Å². The zero-order chi connectivity index (χ0) is 14.9. The summed E-state index contributed by atoms with van der Waals surface area (Å²) in [5.74, 6) is 0.843. The molecule has 1 amide bonds. The molecule has 1 spiro atoms. The Balaban J connectivity index is 1.66. The molecule has 0 aromatic carbocycles. The Morgan fingerprint density at radius 1 is 1.33 bits per heavy atom. The Morgan fingerprint density at radius 3 is 2.76 bits per heavy atom. The van der Waals surface area contributed by atoms with Gasteiger partial charge in [0, 0.05) is 0 Å². The minimum absolute atomic E-state index is 0.100. The number of nitrogens with one attached hydrogen (secondary N) is 1. The summed E-state index contributed by atoms with van der Waals surface area (Å²) in [6, 6.07) is 3.72. The third kappa shape index (κ3) is 2.82. The van der Waals surface area contributed by atoms with Gasteiger partial charge in [0.05, 0.1) is 18.9 Å². The number of aryl methyl sites for hydroxylation is 1. The first-order valence-electron chi connectivity index (χ1n) is 7.64. The molecule has 21 heavy (non-hydrogen) atoms. The molecule has 2 heterocycles. The number of hydrogen-bond donors (Lipinski definition) is 1. The van der Waals surface area contributed by atoms with Gasteiger partial charge in [0.1, 0.15) is 17.1 Å². The lowest BCUT2D eigenvalue weighted by Gasteiger charge is -2.35. The summed E-state index contributed by atoms with van der Waals surface area (Å²) >= 11 is 0. The number of rotatable bonds is 3. The lowest BCUT2D eigenvalue weighted by Crippen LogP contribution is -2.45. The number of amides is 1. The van der Waals surface area contributed by atoms with Crippen molar-refractivity contribution in [2.45, 2.75) is 57.6 Å². The van der Waals surface area contributed by atoms with Crippen LogP contribution >= 0.6 is 0 Å². The van der Waals surface area contributed by atoms with E-state index in [-0.39, 0.29) is 24.2 Å². The van der Waals surface area contributed by atoms with Crippen LogP contribution in [0.15, 0.2) is 16.5 Å². The Morgan fingerprint density at radius 2 is 2.10 bits per heavy atom. The second-order valence-electron chi connectivity index (χ2n) is 6.09. The van der Waals surface area contributed by atoms with Gasteiger partial charge in [-0.25, -0.2) is 0 Å². The molecule has 0 radical (unpaired) electrons. The van der Waals surface area contributed by atoms with Crippen LogP contribution in [0.3, 0.4) is 0 Å². The summed E-state index contributed by atoms with van der Waals surface area (Å²) in [5, 5.41) is 2.88. The lowest BCUT2D eigenvalue weighted by molar-refractivity contribution is -0.153. The van der Waals surface area contributed by atoms with Crippen LogP contribution in [0.5, 0.6) is 0 Å². The van der Waals surface area contributed by atoms with Crippen molar-refractivity contribution in [2.24, 2.45) is 5.92 Å². The Hall–Kier alpha value is -1.78. The van der Waals surface area contributed by atoms with Crippen molar-refractivity contribution in [3.05, 3.63) is 23.7 Å². The van der Waals surface area contributed by atoms with Crippen LogP contribution in [0.2, 0.25) is 0 Å². The van der Waals surface area contributed by atoms with Gasteiger partial charge in [-0.2, -0.15) is 0 Å². The minimum Gasteiger partial charge on any atom is -0.465 e. The van der Waals surface area contributed by atoms with Crippen LogP contribution in [-0.2, 0) is 20.9 Å². The molecule has 114 valence electrons. The number of furan rings is 1. The van der Waals surface area contributed by atoms with E-state index in [4.69, 9.17) is 9.15 Å². The first-order valence-corrected chi connectivity index (χ1v) is 7.64. The third-order valence-corrected chi connectivity index (χ3v) is 4.57. The molecular weight excluding hydrogens is 270 g/mol. The molecule has 1 N–H and O–H groups in total. The molecule has 1 aliphatic carbocycles. The second kappa shape index (κ2) is 5.54. The number of hydrogen-bond acceptors (Lipinski definition) is 4. The number of carbonyl (C=O) groups is 2.